The SMILES string of the molecule is CCCNC(C)c1cc(Br)ccc1OC(C)C(=O)NCC. The van der Waals surface area contributed by atoms with Crippen molar-refractivity contribution in [1.29, 1.82) is 0 Å². The van der Waals surface area contributed by atoms with E-state index in [1.165, 1.54) is 0 Å². The lowest BCUT2D eigenvalue weighted by Gasteiger charge is -2.21. The van der Waals surface area contributed by atoms with Crippen molar-refractivity contribution in [3.63, 3.8) is 0 Å². The van der Waals surface area contributed by atoms with Gasteiger partial charge in [-0.25, -0.2) is 0 Å². The molecule has 2 N–H and O–H groups in total. The third kappa shape index (κ3) is 5.67. The van der Waals surface area contributed by atoms with E-state index in [2.05, 4.69) is 40.4 Å². The van der Waals surface area contributed by atoms with Crippen LogP contribution >= 0.6 is 15.9 Å². The fraction of sp³-hybridized carbons (Fsp3) is 0.562. The summed E-state index contributed by atoms with van der Waals surface area (Å²) < 4.78 is 6.84. The average molecular weight is 357 g/mol. The van der Waals surface area contributed by atoms with Gasteiger partial charge in [0, 0.05) is 22.6 Å². The zero-order valence-electron chi connectivity index (χ0n) is 13.2. The molecule has 1 aromatic rings. The predicted molar refractivity (Wildman–Crippen MR) is 89.6 cm³/mol. The Morgan fingerprint density at radius 3 is 2.67 bits per heavy atom. The molecular weight excluding hydrogens is 332 g/mol. The van der Waals surface area contributed by atoms with Gasteiger partial charge >= 0.3 is 0 Å². The van der Waals surface area contributed by atoms with E-state index in [9.17, 15) is 4.79 Å². The van der Waals surface area contributed by atoms with Crippen molar-refractivity contribution >= 4 is 21.8 Å². The number of ether oxygens (including phenoxy) is 1. The van der Waals surface area contributed by atoms with E-state index in [1.54, 1.807) is 6.92 Å². The second kappa shape index (κ2) is 9.05. The van der Waals surface area contributed by atoms with E-state index in [1.807, 2.05) is 25.1 Å². The van der Waals surface area contributed by atoms with Gasteiger partial charge in [0.15, 0.2) is 6.10 Å². The van der Waals surface area contributed by atoms with E-state index in [-0.39, 0.29) is 11.9 Å². The Balaban J connectivity index is 2.88. The maximum absolute atomic E-state index is 11.8. The summed E-state index contributed by atoms with van der Waals surface area (Å²) in [5.74, 6) is 0.647. The van der Waals surface area contributed by atoms with E-state index >= 15 is 0 Å². The zero-order chi connectivity index (χ0) is 15.8. The van der Waals surface area contributed by atoms with E-state index in [0.717, 1.165) is 28.8 Å². The summed E-state index contributed by atoms with van der Waals surface area (Å²) >= 11 is 3.49. The Labute approximate surface area is 135 Å². The summed E-state index contributed by atoms with van der Waals surface area (Å²) in [5.41, 5.74) is 1.05. The molecule has 0 spiro atoms. The molecular formula is C16H25BrN2O2. The third-order valence-corrected chi connectivity index (χ3v) is 3.66. The van der Waals surface area contributed by atoms with E-state index in [4.69, 9.17) is 4.74 Å². The van der Waals surface area contributed by atoms with Gasteiger partial charge in [-0.3, -0.25) is 4.79 Å². The zero-order valence-corrected chi connectivity index (χ0v) is 14.8. The van der Waals surface area contributed by atoms with Crippen molar-refractivity contribution in [2.75, 3.05) is 13.1 Å². The number of benzene rings is 1. The Kier molecular flexibility index (Phi) is 7.75. The van der Waals surface area contributed by atoms with Crippen molar-refractivity contribution in [3.05, 3.63) is 28.2 Å². The summed E-state index contributed by atoms with van der Waals surface area (Å²) in [6, 6.07) is 6.03. The molecule has 0 saturated carbocycles. The molecule has 0 aliphatic rings. The minimum absolute atomic E-state index is 0.0967. The van der Waals surface area contributed by atoms with E-state index < -0.39 is 6.10 Å². The summed E-state index contributed by atoms with van der Waals surface area (Å²) in [7, 11) is 0. The molecule has 0 saturated heterocycles. The fourth-order valence-electron chi connectivity index (χ4n) is 2.00. The van der Waals surface area contributed by atoms with Crippen LogP contribution in [0, 0.1) is 0 Å². The molecule has 1 rings (SSSR count). The third-order valence-electron chi connectivity index (χ3n) is 3.16. The molecule has 0 fully saturated rings. The molecule has 5 heteroatoms. The van der Waals surface area contributed by atoms with Crippen LogP contribution in [0.4, 0.5) is 0 Å². The molecule has 4 nitrogen and oxygen atoms in total. The highest BCUT2D eigenvalue weighted by molar-refractivity contribution is 9.10. The monoisotopic (exact) mass is 356 g/mol. The predicted octanol–water partition coefficient (Wildman–Crippen LogP) is 3.41. The van der Waals surface area contributed by atoms with Gasteiger partial charge < -0.3 is 15.4 Å². The summed E-state index contributed by atoms with van der Waals surface area (Å²) in [4.78, 5) is 11.8. The molecule has 0 bridgehead atoms. The first-order valence-electron chi connectivity index (χ1n) is 7.46. The summed E-state index contributed by atoms with van der Waals surface area (Å²) in [6.45, 7) is 9.44. The maximum Gasteiger partial charge on any atom is 0.260 e. The van der Waals surface area contributed by atoms with Crippen molar-refractivity contribution in [2.45, 2.75) is 46.3 Å². The van der Waals surface area contributed by atoms with Crippen LogP contribution in [-0.4, -0.2) is 25.1 Å². The Bertz CT molecular complexity index is 466. The van der Waals surface area contributed by atoms with Gasteiger partial charge in [-0.05, 0) is 51.9 Å². The first kappa shape index (κ1) is 18.0. The Morgan fingerprint density at radius 2 is 2.05 bits per heavy atom. The summed E-state index contributed by atoms with van der Waals surface area (Å²) in [5, 5.41) is 6.21. The van der Waals surface area contributed by atoms with Crippen LogP contribution in [0.2, 0.25) is 0 Å². The quantitative estimate of drug-likeness (QED) is 0.750. The molecule has 0 aliphatic heterocycles. The van der Waals surface area contributed by atoms with Crippen molar-refractivity contribution < 1.29 is 9.53 Å². The van der Waals surface area contributed by atoms with Crippen molar-refractivity contribution in [3.8, 4) is 5.75 Å². The number of rotatable bonds is 8. The van der Waals surface area contributed by atoms with Gasteiger partial charge in [0.1, 0.15) is 5.75 Å². The molecule has 21 heavy (non-hydrogen) atoms. The Hall–Kier alpha value is -1.07. The van der Waals surface area contributed by atoms with Gasteiger partial charge in [0.2, 0.25) is 0 Å². The number of carbonyl (C=O) groups is 1. The van der Waals surface area contributed by atoms with Gasteiger partial charge in [-0.1, -0.05) is 22.9 Å². The van der Waals surface area contributed by atoms with Gasteiger partial charge in [0.25, 0.3) is 5.91 Å². The lowest BCUT2D eigenvalue weighted by Crippen LogP contribution is -2.36. The number of hydrogen-bond donors (Lipinski definition) is 2. The molecule has 0 heterocycles. The highest BCUT2D eigenvalue weighted by Crippen LogP contribution is 2.29. The number of nitrogens with one attached hydrogen (secondary N) is 2. The standard InChI is InChI=1S/C16H25BrN2O2/c1-5-9-19-11(3)14-10-13(17)7-8-15(14)21-12(4)16(20)18-6-2/h7-8,10-12,19H,5-6,9H2,1-4H3,(H,18,20). The minimum Gasteiger partial charge on any atom is -0.481 e. The molecule has 1 aromatic carbocycles. The number of hydrogen-bond acceptors (Lipinski definition) is 3. The maximum atomic E-state index is 11.8. The average Bonchev–Trinajstić information content (AvgIpc) is 2.46. The van der Waals surface area contributed by atoms with Crippen LogP contribution in [0.15, 0.2) is 22.7 Å². The number of amides is 1. The van der Waals surface area contributed by atoms with Crippen LogP contribution in [0.5, 0.6) is 5.75 Å². The minimum atomic E-state index is -0.511. The number of likely N-dealkylation sites (N-methyl/N-ethyl adjacent to an activating group) is 1. The first-order valence-corrected chi connectivity index (χ1v) is 8.26. The highest BCUT2D eigenvalue weighted by atomic mass is 79.9. The molecule has 1 amide bonds. The lowest BCUT2D eigenvalue weighted by molar-refractivity contribution is -0.127. The van der Waals surface area contributed by atoms with Crippen LogP contribution < -0.4 is 15.4 Å². The number of carbonyl (C=O) groups excluding carboxylic acids is 1. The van der Waals surface area contributed by atoms with Crippen molar-refractivity contribution in [2.24, 2.45) is 0 Å². The first-order chi connectivity index (χ1) is 9.99. The largest absolute Gasteiger partial charge is 0.481 e. The summed E-state index contributed by atoms with van der Waals surface area (Å²) in [6.07, 6.45) is 0.562. The van der Waals surface area contributed by atoms with Gasteiger partial charge in [0.05, 0.1) is 0 Å². The fourth-order valence-corrected chi connectivity index (χ4v) is 2.38. The van der Waals surface area contributed by atoms with Crippen LogP contribution in [0.1, 0.15) is 45.7 Å². The highest BCUT2D eigenvalue weighted by Gasteiger charge is 2.18. The molecule has 0 radical (unpaired) electrons. The second-order valence-electron chi connectivity index (χ2n) is 5.01. The van der Waals surface area contributed by atoms with Crippen LogP contribution in [0.3, 0.4) is 0 Å². The number of halogens is 1. The lowest BCUT2D eigenvalue weighted by atomic mass is 10.1. The van der Waals surface area contributed by atoms with Crippen molar-refractivity contribution in [1.82, 2.24) is 10.6 Å². The van der Waals surface area contributed by atoms with Crippen LogP contribution in [0.25, 0.3) is 0 Å². The molecule has 0 aliphatic carbocycles. The Morgan fingerprint density at radius 1 is 1.33 bits per heavy atom. The molecule has 0 aromatic heterocycles. The topological polar surface area (TPSA) is 50.4 Å². The normalized spacial score (nSPS) is 13.6. The van der Waals surface area contributed by atoms with Gasteiger partial charge in [-0.2, -0.15) is 0 Å². The van der Waals surface area contributed by atoms with Crippen LogP contribution in [-0.2, 0) is 4.79 Å². The smallest absolute Gasteiger partial charge is 0.260 e. The molecule has 2 atom stereocenters. The van der Waals surface area contributed by atoms with E-state index in [0.29, 0.717) is 6.54 Å². The molecule has 118 valence electrons. The van der Waals surface area contributed by atoms with Gasteiger partial charge in [-0.15, -0.1) is 0 Å². The molecule has 2 unspecified atom stereocenters. The second-order valence-corrected chi connectivity index (χ2v) is 5.93.